The number of piperidine rings is 1. The number of rotatable bonds is 5. The molecule has 1 aliphatic rings. The second-order valence-electron chi connectivity index (χ2n) is 5.00. The van der Waals surface area contributed by atoms with Gasteiger partial charge in [-0.15, -0.1) is 0 Å². The van der Waals surface area contributed by atoms with Crippen LogP contribution >= 0.6 is 0 Å². The number of nitrogens with zero attached hydrogens (tertiary/aromatic N) is 3. The number of aliphatic hydroxyl groups excluding tert-OH is 1. The molecule has 2 heterocycles. The molecule has 1 fully saturated rings. The van der Waals surface area contributed by atoms with Gasteiger partial charge in [-0.25, -0.2) is 4.98 Å². The smallest absolute Gasteiger partial charge is 0.314 e. The van der Waals surface area contributed by atoms with E-state index in [1.54, 1.807) is 19.2 Å². The number of hydrogen-bond acceptors (Lipinski definition) is 6. The SMILES string of the molecule is Cc1ccnc(N2CCC(NCCO)CC2)c1[N+](=O)[O-]. The Morgan fingerprint density at radius 3 is 2.85 bits per heavy atom. The summed E-state index contributed by atoms with van der Waals surface area (Å²) in [5.74, 6) is 0.468. The Hall–Kier alpha value is -1.73. The van der Waals surface area contributed by atoms with Gasteiger partial charge in [-0.3, -0.25) is 10.1 Å². The average Bonchev–Trinajstić information content (AvgIpc) is 2.45. The van der Waals surface area contributed by atoms with E-state index < -0.39 is 0 Å². The number of pyridine rings is 1. The maximum Gasteiger partial charge on any atom is 0.314 e. The van der Waals surface area contributed by atoms with E-state index >= 15 is 0 Å². The summed E-state index contributed by atoms with van der Waals surface area (Å²) in [6, 6.07) is 2.03. The molecule has 1 aromatic rings. The summed E-state index contributed by atoms with van der Waals surface area (Å²) in [4.78, 5) is 17.0. The van der Waals surface area contributed by atoms with Gasteiger partial charge in [-0.1, -0.05) is 0 Å². The average molecular weight is 280 g/mol. The Morgan fingerprint density at radius 2 is 2.25 bits per heavy atom. The third kappa shape index (κ3) is 3.23. The molecule has 20 heavy (non-hydrogen) atoms. The minimum absolute atomic E-state index is 0.106. The van der Waals surface area contributed by atoms with Gasteiger partial charge in [0, 0.05) is 37.4 Å². The first-order valence-corrected chi connectivity index (χ1v) is 6.82. The van der Waals surface area contributed by atoms with E-state index in [4.69, 9.17) is 5.11 Å². The van der Waals surface area contributed by atoms with Crippen LogP contribution in [0.15, 0.2) is 12.3 Å². The topological polar surface area (TPSA) is 91.5 Å². The maximum atomic E-state index is 11.2. The highest BCUT2D eigenvalue weighted by Gasteiger charge is 2.27. The third-order valence-corrected chi connectivity index (χ3v) is 3.63. The molecule has 2 rings (SSSR count). The van der Waals surface area contributed by atoms with Crippen molar-refractivity contribution in [2.24, 2.45) is 0 Å². The summed E-state index contributed by atoms with van der Waals surface area (Å²) in [5, 5.41) is 23.2. The predicted molar refractivity (Wildman–Crippen MR) is 76.0 cm³/mol. The Kier molecular flexibility index (Phi) is 4.86. The predicted octanol–water partition coefficient (Wildman–Crippen LogP) is 0.849. The number of hydrogen-bond donors (Lipinski definition) is 2. The van der Waals surface area contributed by atoms with E-state index in [1.807, 2.05) is 4.90 Å². The van der Waals surface area contributed by atoms with E-state index in [1.165, 1.54) is 0 Å². The van der Waals surface area contributed by atoms with Gasteiger partial charge in [-0.2, -0.15) is 0 Å². The minimum atomic E-state index is -0.353. The molecule has 0 aliphatic carbocycles. The quantitative estimate of drug-likeness (QED) is 0.613. The Balaban J connectivity index is 2.07. The van der Waals surface area contributed by atoms with Crippen molar-refractivity contribution in [1.82, 2.24) is 10.3 Å². The lowest BCUT2D eigenvalue weighted by molar-refractivity contribution is -0.384. The van der Waals surface area contributed by atoms with Crippen molar-refractivity contribution in [2.45, 2.75) is 25.8 Å². The first-order chi connectivity index (χ1) is 9.63. The normalized spacial score (nSPS) is 16.4. The van der Waals surface area contributed by atoms with Crippen LogP contribution in [-0.4, -0.2) is 47.3 Å². The Bertz CT molecular complexity index is 473. The molecule has 0 spiro atoms. The molecule has 0 saturated carbocycles. The molecule has 0 bridgehead atoms. The van der Waals surface area contributed by atoms with Crippen LogP contribution in [-0.2, 0) is 0 Å². The zero-order chi connectivity index (χ0) is 14.5. The van der Waals surface area contributed by atoms with E-state index in [0.717, 1.165) is 25.9 Å². The van der Waals surface area contributed by atoms with Gasteiger partial charge in [0.2, 0.25) is 5.82 Å². The van der Waals surface area contributed by atoms with E-state index in [9.17, 15) is 10.1 Å². The molecule has 2 N–H and O–H groups in total. The monoisotopic (exact) mass is 280 g/mol. The van der Waals surface area contributed by atoms with Crippen molar-refractivity contribution >= 4 is 11.5 Å². The van der Waals surface area contributed by atoms with Crippen LogP contribution in [0.2, 0.25) is 0 Å². The van der Waals surface area contributed by atoms with Crippen molar-refractivity contribution in [3.8, 4) is 0 Å². The van der Waals surface area contributed by atoms with Crippen LogP contribution < -0.4 is 10.2 Å². The van der Waals surface area contributed by atoms with Gasteiger partial charge >= 0.3 is 5.69 Å². The highest BCUT2D eigenvalue weighted by molar-refractivity contribution is 5.61. The van der Waals surface area contributed by atoms with Crippen LogP contribution in [0.3, 0.4) is 0 Å². The van der Waals surface area contributed by atoms with E-state index in [0.29, 0.717) is 24.0 Å². The van der Waals surface area contributed by atoms with Gasteiger partial charge in [0.1, 0.15) is 0 Å². The first-order valence-electron chi connectivity index (χ1n) is 6.82. The molecule has 1 aliphatic heterocycles. The van der Waals surface area contributed by atoms with Crippen LogP contribution in [0.5, 0.6) is 0 Å². The zero-order valence-electron chi connectivity index (χ0n) is 11.6. The van der Waals surface area contributed by atoms with Crippen LogP contribution in [0.4, 0.5) is 11.5 Å². The fourth-order valence-corrected chi connectivity index (χ4v) is 2.56. The molecule has 0 aromatic carbocycles. The second kappa shape index (κ2) is 6.62. The summed E-state index contributed by atoms with van der Waals surface area (Å²) in [6.07, 6.45) is 3.41. The third-order valence-electron chi connectivity index (χ3n) is 3.63. The minimum Gasteiger partial charge on any atom is -0.395 e. The first kappa shape index (κ1) is 14.7. The van der Waals surface area contributed by atoms with Crippen molar-refractivity contribution in [3.63, 3.8) is 0 Å². The van der Waals surface area contributed by atoms with Crippen LogP contribution in [0.25, 0.3) is 0 Å². The van der Waals surface area contributed by atoms with Gasteiger partial charge < -0.3 is 15.3 Å². The van der Waals surface area contributed by atoms with Crippen molar-refractivity contribution < 1.29 is 10.0 Å². The Labute approximate surface area is 117 Å². The molecular weight excluding hydrogens is 260 g/mol. The lowest BCUT2D eigenvalue weighted by Gasteiger charge is -2.33. The molecule has 1 saturated heterocycles. The molecule has 0 atom stereocenters. The zero-order valence-corrected chi connectivity index (χ0v) is 11.6. The highest BCUT2D eigenvalue weighted by Crippen LogP contribution is 2.30. The number of aryl methyl sites for hydroxylation is 1. The van der Waals surface area contributed by atoms with Gasteiger partial charge in [-0.05, 0) is 25.8 Å². The van der Waals surface area contributed by atoms with Crippen molar-refractivity contribution in [1.29, 1.82) is 0 Å². The number of anilines is 1. The molecule has 0 unspecified atom stereocenters. The lowest BCUT2D eigenvalue weighted by atomic mass is 10.0. The summed E-state index contributed by atoms with van der Waals surface area (Å²) in [5.41, 5.74) is 0.745. The second-order valence-corrected chi connectivity index (χ2v) is 5.00. The lowest BCUT2D eigenvalue weighted by Crippen LogP contribution is -2.43. The van der Waals surface area contributed by atoms with Gasteiger partial charge in [0.05, 0.1) is 11.5 Å². The fourth-order valence-electron chi connectivity index (χ4n) is 2.56. The van der Waals surface area contributed by atoms with Crippen molar-refractivity contribution in [3.05, 3.63) is 27.9 Å². The molecule has 110 valence electrons. The standard InChI is InChI=1S/C13H20N4O3/c1-10-2-5-15-13(12(10)17(19)20)16-7-3-11(4-8-16)14-6-9-18/h2,5,11,14,18H,3-4,6-9H2,1H3. The number of nitro groups is 1. The summed E-state index contributed by atoms with van der Waals surface area (Å²) >= 11 is 0. The van der Waals surface area contributed by atoms with Crippen LogP contribution in [0.1, 0.15) is 18.4 Å². The molecule has 0 radical (unpaired) electrons. The molecule has 7 nitrogen and oxygen atoms in total. The van der Waals surface area contributed by atoms with E-state index in [2.05, 4.69) is 10.3 Å². The Morgan fingerprint density at radius 1 is 1.55 bits per heavy atom. The summed E-state index contributed by atoms with van der Waals surface area (Å²) in [7, 11) is 0. The van der Waals surface area contributed by atoms with E-state index in [-0.39, 0.29) is 17.2 Å². The fraction of sp³-hybridized carbons (Fsp3) is 0.615. The van der Waals surface area contributed by atoms with Crippen LogP contribution in [0, 0.1) is 17.0 Å². The highest BCUT2D eigenvalue weighted by atomic mass is 16.6. The molecule has 7 heteroatoms. The molecule has 1 aromatic heterocycles. The number of nitrogens with one attached hydrogen (secondary N) is 1. The largest absolute Gasteiger partial charge is 0.395 e. The number of aromatic nitrogens is 1. The summed E-state index contributed by atoms with van der Waals surface area (Å²) < 4.78 is 0. The summed E-state index contributed by atoms with van der Waals surface area (Å²) in [6.45, 7) is 3.93. The molecular formula is C13H20N4O3. The maximum absolute atomic E-state index is 11.2. The number of aliphatic hydroxyl groups is 1. The van der Waals surface area contributed by atoms with Gasteiger partial charge in [0.25, 0.3) is 0 Å². The van der Waals surface area contributed by atoms with Crippen molar-refractivity contribution in [2.75, 3.05) is 31.1 Å². The molecule has 0 amide bonds. The van der Waals surface area contributed by atoms with Gasteiger partial charge in [0.15, 0.2) is 0 Å².